The van der Waals surface area contributed by atoms with Crippen LogP contribution in [0.4, 0.5) is 0 Å². The molecule has 1 aromatic carbocycles. The molecule has 0 spiro atoms. The molecular weight excluding hydrogens is 260 g/mol. The number of hydrogen-bond acceptors (Lipinski definition) is 3. The predicted molar refractivity (Wildman–Crippen MR) is 86.2 cm³/mol. The van der Waals surface area contributed by atoms with Crippen LogP contribution in [0.3, 0.4) is 0 Å². The van der Waals surface area contributed by atoms with Crippen molar-refractivity contribution in [3.63, 3.8) is 0 Å². The summed E-state index contributed by atoms with van der Waals surface area (Å²) in [7, 11) is 2.15. The van der Waals surface area contributed by atoms with E-state index in [9.17, 15) is 5.11 Å². The Kier molecular flexibility index (Phi) is 3.85. The molecule has 21 heavy (non-hydrogen) atoms. The molecule has 1 saturated heterocycles. The van der Waals surface area contributed by atoms with Crippen molar-refractivity contribution in [1.29, 1.82) is 0 Å². The Hall–Kier alpha value is -0.900. The van der Waals surface area contributed by atoms with E-state index in [1.807, 2.05) is 0 Å². The summed E-state index contributed by atoms with van der Waals surface area (Å²) >= 11 is 0. The summed E-state index contributed by atoms with van der Waals surface area (Å²) in [5, 5.41) is 11.5. The third kappa shape index (κ3) is 2.41. The van der Waals surface area contributed by atoms with E-state index >= 15 is 0 Å². The van der Waals surface area contributed by atoms with Crippen molar-refractivity contribution in [2.75, 3.05) is 20.1 Å². The van der Waals surface area contributed by atoms with Crippen molar-refractivity contribution in [2.45, 2.75) is 50.7 Å². The van der Waals surface area contributed by atoms with Crippen LogP contribution in [0.25, 0.3) is 0 Å². The summed E-state index contributed by atoms with van der Waals surface area (Å²) in [4.78, 5) is 2.34. The Morgan fingerprint density at radius 1 is 1.29 bits per heavy atom. The van der Waals surface area contributed by atoms with Gasteiger partial charge in [-0.15, -0.1) is 0 Å². The minimum atomic E-state index is -0.624. The highest BCUT2D eigenvalue weighted by molar-refractivity contribution is 5.32. The Morgan fingerprint density at radius 3 is 2.67 bits per heavy atom. The van der Waals surface area contributed by atoms with Gasteiger partial charge in [-0.05, 0) is 57.2 Å². The van der Waals surface area contributed by atoms with E-state index < -0.39 is 5.60 Å². The largest absolute Gasteiger partial charge is 0.389 e. The molecule has 1 aliphatic heterocycles. The van der Waals surface area contributed by atoms with Gasteiger partial charge in [0.25, 0.3) is 0 Å². The first kappa shape index (κ1) is 15.0. The minimum absolute atomic E-state index is 0.156. The van der Waals surface area contributed by atoms with Crippen LogP contribution in [0.1, 0.15) is 37.3 Å². The van der Waals surface area contributed by atoms with Crippen LogP contribution in [-0.4, -0.2) is 41.8 Å². The molecule has 0 radical (unpaired) electrons. The Labute approximate surface area is 128 Å². The third-order valence-corrected chi connectivity index (χ3v) is 6.16. The molecule has 0 bridgehead atoms. The highest BCUT2D eigenvalue weighted by Crippen LogP contribution is 2.48. The zero-order chi connectivity index (χ0) is 15.1. The van der Waals surface area contributed by atoms with Crippen LogP contribution >= 0.6 is 0 Å². The van der Waals surface area contributed by atoms with E-state index in [2.05, 4.69) is 43.1 Å². The number of likely N-dealkylation sites (tertiary alicyclic amines) is 1. The van der Waals surface area contributed by atoms with Crippen LogP contribution in [0.15, 0.2) is 24.3 Å². The van der Waals surface area contributed by atoms with Crippen molar-refractivity contribution >= 4 is 0 Å². The first-order chi connectivity index (χ1) is 10.00. The van der Waals surface area contributed by atoms with E-state index in [1.165, 1.54) is 11.1 Å². The van der Waals surface area contributed by atoms with Crippen LogP contribution in [-0.2, 0) is 12.8 Å². The van der Waals surface area contributed by atoms with E-state index in [4.69, 9.17) is 5.73 Å². The maximum absolute atomic E-state index is 11.5. The number of hydrogen-bond donors (Lipinski definition) is 2. The molecule has 0 saturated carbocycles. The molecule has 3 nitrogen and oxygen atoms in total. The van der Waals surface area contributed by atoms with Gasteiger partial charge in [-0.3, -0.25) is 0 Å². The average molecular weight is 288 g/mol. The SMILES string of the molecule is CC1CC(O)(C2(CN)CCc3ccccc3C2)CCN1C. The van der Waals surface area contributed by atoms with Gasteiger partial charge < -0.3 is 15.7 Å². The van der Waals surface area contributed by atoms with Gasteiger partial charge in [-0.1, -0.05) is 24.3 Å². The molecule has 2 aliphatic rings. The van der Waals surface area contributed by atoms with E-state index in [0.717, 1.165) is 38.6 Å². The second kappa shape index (κ2) is 5.38. The quantitative estimate of drug-likeness (QED) is 0.875. The normalized spacial score (nSPS) is 37.2. The zero-order valence-electron chi connectivity index (χ0n) is 13.3. The lowest BCUT2D eigenvalue weighted by atomic mass is 9.58. The maximum Gasteiger partial charge on any atom is 0.0746 e. The third-order valence-electron chi connectivity index (χ3n) is 6.16. The molecule has 1 aliphatic carbocycles. The van der Waals surface area contributed by atoms with Crippen LogP contribution in [0.5, 0.6) is 0 Å². The van der Waals surface area contributed by atoms with Gasteiger partial charge in [-0.25, -0.2) is 0 Å². The summed E-state index contributed by atoms with van der Waals surface area (Å²) in [6, 6.07) is 9.06. The summed E-state index contributed by atoms with van der Waals surface area (Å²) in [5.74, 6) is 0. The van der Waals surface area contributed by atoms with Gasteiger partial charge in [0.2, 0.25) is 0 Å². The number of nitrogens with two attached hydrogens (primary N) is 1. The number of aryl methyl sites for hydroxylation is 1. The Morgan fingerprint density at radius 2 is 2.00 bits per heavy atom. The molecule has 1 aromatic rings. The second-order valence-corrected chi connectivity index (χ2v) is 7.25. The van der Waals surface area contributed by atoms with Crippen molar-refractivity contribution in [3.05, 3.63) is 35.4 Å². The molecule has 116 valence electrons. The van der Waals surface area contributed by atoms with Crippen LogP contribution < -0.4 is 5.73 Å². The Balaban J connectivity index is 1.91. The number of nitrogens with zero attached hydrogens (tertiary/aromatic N) is 1. The molecule has 0 aromatic heterocycles. The molecule has 3 unspecified atom stereocenters. The van der Waals surface area contributed by atoms with Crippen LogP contribution in [0.2, 0.25) is 0 Å². The molecule has 0 amide bonds. The maximum atomic E-state index is 11.5. The van der Waals surface area contributed by atoms with Crippen molar-refractivity contribution in [1.82, 2.24) is 4.90 Å². The average Bonchev–Trinajstić information content (AvgIpc) is 2.50. The fourth-order valence-corrected chi connectivity index (χ4v) is 4.37. The minimum Gasteiger partial charge on any atom is -0.389 e. The summed E-state index contributed by atoms with van der Waals surface area (Å²) < 4.78 is 0. The number of rotatable bonds is 2. The predicted octanol–water partition coefficient (Wildman–Crippen LogP) is 1.97. The number of piperidine rings is 1. The Bertz CT molecular complexity index is 518. The van der Waals surface area contributed by atoms with Gasteiger partial charge in [0, 0.05) is 24.5 Å². The van der Waals surface area contributed by atoms with Gasteiger partial charge in [0.05, 0.1) is 5.60 Å². The molecule has 1 fully saturated rings. The molecule has 3 rings (SSSR count). The van der Waals surface area contributed by atoms with Gasteiger partial charge in [0.15, 0.2) is 0 Å². The van der Waals surface area contributed by atoms with Gasteiger partial charge in [-0.2, -0.15) is 0 Å². The lowest BCUT2D eigenvalue weighted by Crippen LogP contribution is -2.61. The summed E-state index contributed by atoms with van der Waals surface area (Å²) in [5.41, 5.74) is 8.26. The van der Waals surface area contributed by atoms with Crippen molar-refractivity contribution < 1.29 is 5.11 Å². The highest BCUT2D eigenvalue weighted by Gasteiger charge is 2.52. The number of fused-ring (bicyclic) bond motifs is 1. The summed E-state index contributed by atoms with van der Waals surface area (Å²) in [6.07, 6.45) is 4.65. The molecular formula is C18H28N2O. The fraction of sp³-hybridized carbons (Fsp3) is 0.667. The monoisotopic (exact) mass is 288 g/mol. The lowest BCUT2D eigenvalue weighted by Gasteiger charge is -2.54. The lowest BCUT2D eigenvalue weighted by molar-refractivity contribution is -0.133. The second-order valence-electron chi connectivity index (χ2n) is 7.25. The van der Waals surface area contributed by atoms with E-state index in [-0.39, 0.29) is 5.41 Å². The number of aliphatic hydroxyl groups is 1. The highest BCUT2D eigenvalue weighted by atomic mass is 16.3. The molecule has 3 N–H and O–H groups in total. The van der Waals surface area contributed by atoms with Gasteiger partial charge >= 0.3 is 0 Å². The zero-order valence-corrected chi connectivity index (χ0v) is 13.3. The molecule has 1 heterocycles. The van der Waals surface area contributed by atoms with E-state index in [1.54, 1.807) is 0 Å². The topological polar surface area (TPSA) is 49.5 Å². The van der Waals surface area contributed by atoms with E-state index in [0.29, 0.717) is 12.6 Å². The standard InChI is InChI=1S/C18H28N2O/c1-14-11-18(21,9-10-20(14)2)17(13-19)8-7-15-5-3-4-6-16(15)12-17/h3-6,14,21H,7-13,19H2,1-2H3. The van der Waals surface area contributed by atoms with Gasteiger partial charge in [0.1, 0.15) is 0 Å². The van der Waals surface area contributed by atoms with Crippen molar-refractivity contribution in [2.24, 2.45) is 11.1 Å². The van der Waals surface area contributed by atoms with Crippen LogP contribution in [0, 0.1) is 5.41 Å². The summed E-state index contributed by atoms with van der Waals surface area (Å²) in [6.45, 7) is 3.75. The molecule has 3 heteroatoms. The fourth-order valence-electron chi connectivity index (χ4n) is 4.37. The first-order valence-corrected chi connectivity index (χ1v) is 8.19. The molecule has 3 atom stereocenters. The first-order valence-electron chi connectivity index (χ1n) is 8.19. The smallest absolute Gasteiger partial charge is 0.0746 e. The van der Waals surface area contributed by atoms with Crippen molar-refractivity contribution in [3.8, 4) is 0 Å². The number of benzene rings is 1.